The van der Waals surface area contributed by atoms with Crippen molar-refractivity contribution < 1.29 is 9.90 Å². The monoisotopic (exact) mass is 438 g/mol. The Morgan fingerprint density at radius 1 is 1.06 bits per heavy atom. The molecule has 9 heteroatoms. The molecule has 0 unspecified atom stereocenters. The molecule has 1 aliphatic carbocycles. The van der Waals surface area contributed by atoms with Crippen LogP contribution in [0.2, 0.25) is 5.02 Å². The molecule has 0 radical (unpaired) electrons. The molecule has 0 saturated heterocycles. The summed E-state index contributed by atoms with van der Waals surface area (Å²) in [5.74, 6) is 2.21. The van der Waals surface area contributed by atoms with E-state index in [-0.39, 0.29) is 19.0 Å². The van der Waals surface area contributed by atoms with Crippen LogP contribution >= 0.6 is 11.6 Å². The summed E-state index contributed by atoms with van der Waals surface area (Å²) < 4.78 is 2.05. The first-order valence-electron chi connectivity index (χ1n) is 10.5. The lowest BCUT2D eigenvalue weighted by atomic mass is 9.79. The van der Waals surface area contributed by atoms with Gasteiger partial charge in [-0.2, -0.15) is 0 Å². The van der Waals surface area contributed by atoms with Gasteiger partial charge in [0.2, 0.25) is 0 Å². The standard InChI is InChI=1S/C22H23ClN6O2/c1-13-20(25-9-8-24-13)14-2-4-15(5-3-14)21-27-26-19-12-28(22(30)31)11-16-10-17(23)6-7-18(16)29(19)21/h6-10,14-15H,2-5,11-12H2,1H3,(H,30,31). The Bertz CT molecular complexity index is 1140. The maximum absolute atomic E-state index is 11.7. The summed E-state index contributed by atoms with van der Waals surface area (Å²) in [4.78, 5) is 22.0. The van der Waals surface area contributed by atoms with Crippen molar-refractivity contribution in [1.82, 2.24) is 29.6 Å². The number of hydrogen-bond donors (Lipinski definition) is 1. The molecule has 0 atom stereocenters. The van der Waals surface area contributed by atoms with E-state index in [9.17, 15) is 9.90 Å². The van der Waals surface area contributed by atoms with E-state index in [1.807, 2.05) is 29.7 Å². The highest BCUT2D eigenvalue weighted by Gasteiger charge is 2.32. The maximum Gasteiger partial charge on any atom is 0.408 e. The molecule has 0 spiro atoms. The van der Waals surface area contributed by atoms with E-state index in [0.717, 1.165) is 54.1 Å². The summed E-state index contributed by atoms with van der Waals surface area (Å²) in [5, 5.41) is 19.1. The highest BCUT2D eigenvalue weighted by molar-refractivity contribution is 6.30. The fraction of sp³-hybridized carbons (Fsp3) is 0.409. The Morgan fingerprint density at radius 3 is 2.55 bits per heavy atom. The summed E-state index contributed by atoms with van der Waals surface area (Å²) in [7, 11) is 0. The predicted molar refractivity (Wildman–Crippen MR) is 114 cm³/mol. The van der Waals surface area contributed by atoms with Crippen LogP contribution in [0.4, 0.5) is 4.79 Å². The van der Waals surface area contributed by atoms with Gasteiger partial charge in [0.1, 0.15) is 5.82 Å². The lowest BCUT2D eigenvalue weighted by Crippen LogP contribution is -2.27. The average Bonchev–Trinajstić information content (AvgIpc) is 3.10. The Morgan fingerprint density at radius 2 is 1.81 bits per heavy atom. The molecule has 5 rings (SSSR count). The van der Waals surface area contributed by atoms with Crippen LogP contribution in [0.1, 0.15) is 66.1 Å². The van der Waals surface area contributed by atoms with Crippen molar-refractivity contribution in [3.63, 3.8) is 0 Å². The molecule has 1 fully saturated rings. The Kier molecular flexibility index (Phi) is 5.09. The molecule has 3 aromatic rings. The highest BCUT2D eigenvalue weighted by atomic mass is 35.5. The third-order valence-electron chi connectivity index (χ3n) is 6.40. The van der Waals surface area contributed by atoms with Crippen molar-refractivity contribution in [2.75, 3.05) is 0 Å². The van der Waals surface area contributed by atoms with E-state index in [4.69, 9.17) is 11.6 Å². The number of carboxylic acid groups (broad SMARTS) is 1. The van der Waals surface area contributed by atoms with Gasteiger partial charge in [-0.1, -0.05) is 11.6 Å². The third-order valence-corrected chi connectivity index (χ3v) is 6.63. The van der Waals surface area contributed by atoms with Crippen molar-refractivity contribution in [3.05, 3.63) is 64.2 Å². The topological polar surface area (TPSA) is 97.0 Å². The number of halogens is 1. The number of rotatable bonds is 2. The zero-order valence-electron chi connectivity index (χ0n) is 17.2. The largest absolute Gasteiger partial charge is 0.465 e. The molecule has 1 amide bonds. The van der Waals surface area contributed by atoms with Gasteiger partial charge in [-0.15, -0.1) is 10.2 Å². The fourth-order valence-corrected chi connectivity index (χ4v) is 5.06. The van der Waals surface area contributed by atoms with Crippen molar-refractivity contribution in [3.8, 4) is 5.69 Å². The molecule has 160 valence electrons. The van der Waals surface area contributed by atoms with E-state index in [2.05, 4.69) is 20.2 Å². The summed E-state index contributed by atoms with van der Waals surface area (Å²) in [6.45, 7) is 2.48. The highest BCUT2D eigenvalue weighted by Crippen LogP contribution is 2.41. The van der Waals surface area contributed by atoms with Crippen LogP contribution in [0.25, 0.3) is 5.69 Å². The second kappa shape index (κ2) is 7.92. The van der Waals surface area contributed by atoms with Crippen molar-refractivity contribution in [2.24, 2.45) is 0 Å². The molecule has 1 N–H and O–H groups in total. The van der Waals surface area contributed by atoms with Crippen LogP contribution in [-0.4, -0.2) is 40.8 Å². The number of amides is 1. The van der Waals surface area contributed by atoms with Gasteiger partial charge in [0.25, 0.3) is 0 Å². The molecule has 8 nitrogen and oxygen atoms in total. The number of aromatic nitrogens is 5. The second-order valence-electron chi connectivity index (χ2n) is 8.30. The molecule has 1 aliphatic heterocycles. The van der Waals surface area contributed by atoms with Crippen LogP contribution in [0.3, 0.4) is 0 Å². The molecule has 3 heterocycles. The molecular weight excluding hydrogens is 416 g/mol. The van der Waals surface area contributed by atoms with Gasteiger partial charge in [-0.05, 0) is 56.4 Å². The van der Waals surface area contributed by atoms with E-state index in [1.165, 1.54) is 4.90 Å². The van der Waals surface area contributed by atoms with E-state index >= 15 is 0 Å². The lowest BCUT2D eigenvalue weighted by Gasteiger charge is -2.28. The number of hydrogen-bond acceptors (Lipinski definition) is 5. The van der Waals surface area contributed by atoms with Gasteiger partial charge < -0.3 is 5.11 Å². The van der Waals surface area contributed by atoms with Crippen LogP contribution in [0.15, 0.2) is 30.6 Å². The van der Waals surface area contributed by atoms with Gasteiger partial charge >= 0.3 is 6.09 Å². The fourth-order valence-electron chi connectivity index (χ4n) is 4.87. The summed E-state index contributed by atoms with van der Waals surface area (Å²) in [5.41, 5.74) is 3.87. The van der Waals surface area contributed by atoms with E-state index in [0.29, 0.717) is 16.8 Å². The third kappa shape index (κ3) is 3.65. The quantitative estimate of drug-likeness (QED) is 0.634. The molecule has 31 heavy (non-hydrogen) atoms. The maximum atomic E-state index is 11.7. The van der Waals surface area contributed by atoms with Gasteiger partial charge in [-0.3, -0.25) is 19.4 Å². The van der Waals surface area contributed by atoms with Gasteiger partial charge in [0.15, 0.2) is 5.82 Å². The molecule has 2 aromatic heterocycles. The number of benzene rings is 1. The SMILES string of the molecule is Cc1nccnc1C1CCC(c2nnc3n2-c2ccc(Cl)cc2CN(C(=O)O)C3)CC1. The average molecular weight is 439 g/mol. The minimum atomic E-state index is -0.983. The predicted octanol–water partition coefficient (Wildman–Crippen LogP) is 4.45. The minimum absolute atomic E-state index is 0.197. The van der Waals surface area contributed by atoms with Crippen molar-refractivity contribution >= 4 is 17.7 Å². The van der Waals surface area contributed by atoms with Crippen molar-refractivity contribution in [2.45, 2.75) is 57.5 Å². The summed E-state index contributed by atoms with van der Waals surface area (Å²) in [6, 6.07) is 5.60. The van der Waals surface area contributed by atoms with Gasteiger partial charge in [0, 0.05) is 29.3 Å². The van der Waals surface area contributed by atoms with Crippen molar-refractivity contribution in [1.29, 1.82) is 0 Å². The number of nitrogens with zero attached hydrogens (tertiary/aromatic N) is 6. The normalized spacial score (nSPS) is 20.6. The molecular formula is C22H23ClN6O2. The van der Waals surface area contributed by atoms with Crippen LogP contribution in [0, 0.1) is 6.92 Å². The number of aryl methyl sites for hydroxylation is 1. The minimum Gasteiger partial charge on any atom is -0.465 e. The Labute approximate surface area is 184 Å². The molecule has 1 saturated carbocycles. The van der Waals surface area contributed by atoms with E-state index < -0.39 is 6.09 Å². The Balaban J connectivity index is 1.47. The summed E-state index contributed by atoms with van der Waals surface area (Å²) in [6.07, 6.45) is 6.50. The first-order valence-corrected chi connectivity index (χ1v) is 10.9. The molecule has 1 aromatic carbocycles. The zero-order valence-corrected chi connectivity index (χ0v) is 18.0. The number of carbonyl (C=O) groups is 1. The zero-order chi connectivity index (χ0) is 21.5. The van der Waals surface area contributed by atoms with Crippen LogP contribution in [0.5, 0.6) is 0 Å². The lowest BCUT2D eigenvalue weighted by molar-refractivity contribution is 0.139. The van der Waals surface area contributed by atoms with Crippen LogP contribution < -0.4 is 0 Å². The first-order chi connectivity index (χ1) is 15.0. The molecule has 0 bridgehead atoms. The first kappa shape index (κ1) is 19.9. The summed E-state index contributed by atoms with van der Waals surface area (Å²) >= 11 is 6.22. The van der Waals surface area contributed by atoms with E-state index in [1.54, 1.807) is 12.4 Å². The Hall–Kier alpha value is -3.00. The number of fused-ring (bicyclic) bond motifs is 3. The van der Waals surface area contributed by atoms with Gasteiger partial charge in [0.05, 0.1) is 30.2 Å². The van der Waals surface area contributed by atoms with Crippen LogP contribution in [-0.2, 0) is 13.1 Å². The second-order valence-corrected chi connectivity index (χ2v) is 8.73. The molecule has 2 aliphatic rings. The van der Waals surface area contributed by atoms with Gasteiger partial charge in [-0.25, -0.2) is 4.79 Å². The smallest absolute Gasteiger partial charge is 0.408 e.